The lowest BCUT2D eigenvalue weighted by molar-refractivity contribution is -0.0792. The van der Waals surface area contributed by atoms with E-state index in [9.17, 15) is 18.7 Å². The summed E-state index contributed by atoms with van der Waals surface area (Å²) < 4.78 is 28.5. The highest BCUT2D eigenvalue weighted by atomic mass is 19.3. The maximum Gasteiger partial charge on any atom is 0.339 e. The molecule has 2 aromatic carbocycles. The van der Waals surface area contributed by atoms with Crippen molar-refractivity contribution in [1.82, 2.24) is 0 Å². The number of aryl methyl sites for hydroxylation is 2. The van der Waals surface area contributed by atoms with Crippen LogP contribution >= 0.6 is 0 Å². The van der Waals surface area contributed by atoms with Crippen molar-refractivity contribution >= 4 is 5.78 Å². The predicted octanol–water partition coefficient (Wildman–Crippen LogP) is 3.86. The smallest absolute Gasteiger partial charge is 0.339 e. The van der Waals surface area contributed by atoms with E-state index in [0.29, 0.717) is 0 Å². The van der Waals surface area contributed by atoms with E-state index in [1.165, 1.54) is 36.4 Å². The Bertz CT molecular complexity index is 631. The van der Waals surface area contributed by atoms with Crippen LogP contribution < -0.4 is 0 Å². The van der Waals surface area contributed by atoms with Crippen LogP contribution in [0.15, 0.2) is 48.5 Å². The molecule has 2 aromatic rings. The first-order valence-electron chi connectivity index (χ1n) is 6.56. The number of carbonyl (C=O) groups is 1. The summed E-state index contributed by atoms with van der Waals surface area (Å²) >= 11 is 0. The Labute approximate surface area is 122 Å². The van der Waals surface area contributed by atoms with Gasteiger partial charge in [-0.1, -0.05) is 59.7 Å². The van der Waals surface area contributed by atoms with E-state index in [1.54, 1.807) is 19.9 Å². The van der Waals surface area contributed by atoms with Crippen molar-refractivity contribution in [2.45, 2.75) is 25.9 Å². The molecule has 1 atom stereocenters. The molecule has 0 bridgehead atoms. The fourth-order valence-corrected chi connectivity index (χ4v) is 2.28. The summed E-state index contributed by atoms with van der Waals surface area (Å²) in [7, 11) is 0. The van der Waals surface area contributed by atoms with E-state index in [2.05, 4.69) is 0 Å². The Balaban J connectivity index is 2.36. The van der Waals surface area contributed by atoms with Gasteiger partial charge >= 0.3 is 5.92 Å². The van der Waals surface area contributed by atoms with Gasteiger partial charge in [-0.3, -0.25) is 4.79 Å². The Morgan fingerprint density at radius 3 is 2.10 bits per heavy atom. The molecule has 0 saturated carbocycles. The minimum Gasteiger partial charge on any atom is -0.382 e. The quantitative estimate of drug-likeness (QED) is 0.868. The van der Waals surface area contributed by atoms with Gasteiger partial charge < -0.3 is 5.11 Å². The van der Waals surface area contributed by atoms with Crippen molar-refractivity contribution in [3.8, 4) is 0 Å². The van der Waals surface area contributed by atoms with Crippen LogP contribution in [-0.4, -0.2) is 16.8 Å². The number of aliphatic hydroxyl groups is 1. The van der Waals surface area contributed by atoms with Crippen molar-refractivity contribution in [1.29, 1.82) is 0 Å². The summed E-state index contributed by atoms with van der Waals surface area (Å²) in [4.78, 5) is 11.9. The molecule has 0 aliphatic rings. The second-order valence-corrected chi connectivity index (χ2v) is 5.14. The molecule has 4 heteroatoms. The molecule has 21 heavy (non-hydrogen) atoms. The minimum absolute atomic E-state index is 0.0433. The van der Waals surface area contributed by atoms with Crippen molar-refractivity contribution in [3.63, 3.8) is 0 Å². The number of alkyl halides is 2. The van der Waals surface area contributed by atoms with Crippen LogP contribution in [0.2, 0.25) is 0 Å². The van der Waals surface area contributed by atoms with Crippen molar-refractivity contribution in [3.05, 3.63) is 70.8 Å². The van der Waals surface area contributed by atoms with Gasteiger partial charge in [0.1, 0.15) is 0 Å². The van der Waals surface area contributed by atoms with Gasteiger partial charge in [-0.2, -0.15) is 8.78 Å². The molecular formula is C17H16F2O2. The number of ketones is 1. The highest BCUT2D eigenvalue weighted by molar-refractivity contribution is 6.01. The average Bonchev–Trinajstić information content (AvgIpc) is 2.45. The van der Waals surface area contributed by atoms with Crippen LogP contribution in [-0.2, 0) is 0 Å². The lowest BCUT2D eigenvalue weighted by Gasteiger charge is -2.22. The molecule has 0 fully saturated rings. The van der Waals surface area contributed by atoms with Gasteiger partial charge in [-0.25, -0.2) is 0 Å². The second-order valence-electron chi connectivity index (χ2n) is 5.14. The van der Waals surface area contributed by atoms with Crippen molar-refractivity contribution in [2.24, 2.45) is 0 Å². The van der Waals surface area contributed by atoms with E-state index in [1.807, 2.05) is 6.07 Å². The third-order valence-electron chi connectivity index (χ3n) is 3.24. The Morgan fingerprint density at radius 2 is 1.57 bits per heavy atom. The summed E-state index contributed by atoms with van der Waals surface area (Å²) in [6, 6.07) is 12.0. The Morgan fingerprint density at radius 1 is 1.05 bits per heavy atom. The summed E-state index contributed by atoms with van der Waals surface area (Å²) in [6.07, 6.45) is -2.16. The number of aliphatic hydroxyl groups excluding tert-OH is 1. The number of hydrogen-bond donors (Lipinski definition) is 1. The minimum atomic E-state index is -3.87. The maximum absolute atomic E-state index is 14.2. The molecule has 0 aromatic heterocycles. The third-order valence-corrected chi connectivity index (χ3v) is 3.24. The summed E-state index contributed by atoms with van der Waals surface area (Å²) in [5.41, 5.74) is 1.44. The number of rotatable bonds is 4. The average molecular weight is 290 g/mol. The standard InChI is InChI=1S/C17H16F2O2/c1-11-8-12(2)10-14(9-11)16(21)17(18,19)15(20)13-6-4-3-5-7-13/h3-10,16,21H,1-2H3/t16-/m0/s1. The first-order valence-corrected chi connectivity index (χ1v) is 6.56. The molecule has 0 saturated heterocycles. The van der Waals surface area contributed by atoms with Crippen molar-refractivity contribution < 1.29 is 18.7 Å². The molecule has 1 N–H and O–H groups in total. The third kappa shape index (κ3) is 3.16. The van der Waals surface area contributed by atoms with Gasteiger partial charge in [0.05, 0.1) is 0 Å². The molecular weight excluding hydrogens is 274 g/mol. The molecule has 0 amide bonds. The number of benzene rings is 2. The predicted molar refractivity (Wildman–Crippen MR) is 76.6 cm³/mol. The van der Waals surface area contributed by atoms with E-state index in [-0.39, 0.29) is 11.1 Å². The van der Waals surface area contributed by atoms with E-state index in [0.717, 1.165) is 11.1 Å². The maximum atomic E-state index is 14.2. The van der Waals surface area contributed by atoms with Gasteiger partial charge in [0.2, 0.25) is 5.78 Å². The first-order chi connectivity index (χ1) is 9.82. The summed E-state index contributed by atoms with van der Waals surface area (Å²) in [5, 5.41) is 9.96. The van der Waals surface area contributed by atoms with E-state index in [4.69, 9.17) is 0 Å². The lowest BCUT2D eigenvalue weighted by atomic mass is 9.94. The fourth-order valence-electron chi connectivity index (χ4n) is 2.28. The van der Waals surface area contributed by atoms with Crippen LogP contribution in [0.25, 0.3) is 0 Å². The second kappa shape index (κ2) is 5.74. The Hall–Kier alpha value is -2.07. The van der Waals surface area contributed by atoms with Gasteiger partial charge in [-0.05, 0) is 19.4 Å². The highest BCUT2D eigenvalue weighted by Gasteiger charge is 2.47. The zero-order valence-corrected chi connectivity index (χ0v) is 11.8. The van der Waals surface area contributed by atoms with Crippen LogP contribution in [0.4, 0.5) is 8.78 Å². The lowest BCUT2D eigenvalue weighted by Crippen LogP contribution is -2.36. The Kier molecular flexibility index (Phi) is 4.19. The topological polar surface area (TPSA) is 37.3 Å². The van der Waals surface area contributed by atoms with Gasteiger partial charge in [-0.15, -0.1) is 0 Å². The van der Waals surface area contributed by atoms with Crippen LogP contribution in [0.3, 0.4) is 0 Å². The highest BCUT2D eigenvalue weighted by Crippen LogP contribution is 2.35. The number of carbonyl (C=O) groups excluding carboxylic acids is 1. The molecule has 0 spiro atoms. The van der Waals surface area contributed by atoms with E-state index < -0.39 is 17.8 Å². The normalized spacial score (nSPS) is 13.0. The number of halogens is 2. The molecule has 0 unspecified atom stereocenters. The largest absolute Gasteiger partial charge is 0.382 e. The molecule has 0 radical (unpaired) electrons. The molecule has 2 nitrogen and oxygen atoms in total. The molecule has 0 heterocycles. The van der Waals surface area contributed by atoms with Crippen molar-refractivity contribution in [2.75, 3.05) is 0 Å². The number of hydrogen-bond acceptors (Lipinski definition) is 2. The van der Waals surface area contributed by atoms with Crippen LogP contribution in [0, 0.1) is 13.8 Å². The SMILES string of the molecule is Cc1cc(C)cc([C@H](O)C(F)(F)C(=O)c2ccccc2)c1. The molecule has 0 aliphatic heterocycles. The molecule has 0 aliphatic carbocycles. The molecule has 2 rings (SSSR count). The fraction of sp³-hybridized carbons (Fsp3) is 0.235. The van der Waals surface area contributed by atoms with E-state index >= 15 is 0 Å². The summed E-state index contributed by atoms with van der Waals surface area (Å²) in [6.45, 7) is 3.50. The van der Waals surface area contributed by atoms with Crippen LogP contribution in [0.1, 0.15) is 33.2 Å². The zero-order chi connectivity index (χ0) is 15.6. The van der Waals surface area contributed by atoms with Gasteiger partial charge in [0, 0.05) is 5.56 Å². The molecule has 110 valence electrons. The monoisotopic (exact) mass is 290 g/mol. The number of Topliss-reactive ketones (excluding diaryl/α,β-unsaturated/α-hetero) is 1. The van der Waals surface area contributed by atoms with Gasteiger partial charge in [0.15, 0.2) is 6.10 Å². The van der Waals surface area contributed by atoms with Crippen LogP contribution in [0.5, 0.6) is 0 Å². The summed E-state index contributed by atoms with van der Waals surface area (Å²) in [5.74, 6) is -5.25. The first kappa shape index (κ1) is 15.3. The van der Waals surface area contributed by atoms with Gasteiger partial charge in [0.25, 0.3) is 0 Å². The zero-order valence-electron chi connectivity index (χ0n) is 11.8.